The van der Waals surface area contributed by atoms with Crippen molar-refractivity contribution in [2.75, 3.05) is 32.1 Å². The Morgan fingerprint density at radius 2 is 2.00 bits per heavy atom. The number of aliphatic hydroxyl groups excluding tert-OH is 1. The second-order valence-electron chi connectivity index (χ2n) is 9.93. The Morgan fingerprint density at radius 1 is 1.29 bits per heavy atom. The van der Waals surface area contributed by atoms with E-state index >= 15 is 0 Å². The first kappa shape index (κ1) is 29.4. The van der Waals surface area contributed by atoms with Crippen LogP contribution in [0.3, 0.4) is 0 Å². The minimum Gasteiger partial charge on any atom is -0.488 e. The number of nitrogens with one attached hydrogen (secondary N) is 1. The predicted octanol–water partition coefficient (Wildman–Crippen LogP) is 3.64. The molecule has 0 radical (unpaired) electrons. The molecule has 0 bridgehead atoms. The largest absolute Gasteiger partial charge is 0.488 e. The first-order chi connectivity index (χ1) is 17.9. The van der Waals surface area contributed by atoms with Gasteiger partial charge in [-0.05, 0) is 49.9 Å². The maximum Gasteiger partial charge on any atom is 0.389 e. The molecule has 0 saturated carbocycles. The monoisotopic (exact) mass is 536 g/mol. The lowest BCUT2D eigenvalue weighted by molar-refractivity contribution is -0.142. The molecule has 2 N–H and O–H groups in total. The highest BCUT2D eigenvalue weighted by Gasteiger charge is 2.31. The van der Waals surface area contributed by atoms with Crippen LogP contribution in [-0.2, 0) is 22.6 Å². The van der Waals surface area contributed by atoms with Crippen molar-refractivity contribution in [3.05, 3.63) is 53.9 Å². The lowest BCUT2D eigenvalue weighted by Gasteiger charge is -2.34. The summed E-state index contributed by atoms with van der Waals surface area (Å²) in [6.45, 7) is 5.16. The Hall–Kier alpha value is -3.18. The van der Waals surface area contributed by atoms with Crippen LogP contribution in [-0.4, -0.2) is 76.8 Å². The summed E-state index contributed by atoms with van der Waals surface area (Å²) in [4.78, 5) is 33.1. The molecule has 1 aromatic carbocycles. The molecule has 1 aromatic heterocycles. The van der Waals surface area contributed by atoms with E-state index in [1.165, 1.54) is 0 Å². The van der Waals surface area contributed by atoms with E-state index in [1.807, 2.05) is 26.1 Å². The van der Waals surface area contributed by atoms with E-state index in [0.717, 1.165) is 5.56 Å². The molecule has 0 aliphatic carbocycles. The standard InChI is InChI=1S/C27H35F3N4O4/c1-18-14-34(19(2)17-35)26(37)13-21-12-22(32-25(36)6-9-27(28,29)30)4-5-23(21)38-24(18)16-33(3)15-20-7-10-31-11-8-20/h4-5,7-8,10-12,18-19,24,35H,6,9,13-17H2,1-3H3,(H,32,36)/t18-,19+,24+/m0/s1. The highest BCUT2D eigenvalue weighted by molar-refractivity contribution is 5.91. The topological polar surface area (TPSA) is 95.0 Å². The Morgan fingerprint density at radius 3 is 2.66 bits per heavy atom. The van der Waals surface area contributed by atoms with Crippen LogP contribution in [0.15, 0.2) is 42.7 Å². The average molecular weight is 537 g/mol. The number of pyridine rings is 1. The summed E-state index contributed by atoms with van der Waals surface area (Å²) in [7, 11) is 1.98. The van der Waals surface area contributed by atoms with E-state index in [1.54, 1.807) is 42.4 Å². The zero-order valence-electron chi connectivity index (χ0n) is 21.9. The smallest absolute Gasteiger partial charge is 0.389 e. The number of ether oxygens (including phenoxy) is 1. The van der Waals surface area contributed by atoms with E-state index in [4.69, 9.17) is 4.74 Å². The number of amides is 2. The van der Waals surface area contributed by atoms with Crippen LogP contribution in [0.1, 0.15) is 37.8 Å². The molecule has 208 valence electrons. The second kappa shape index (κ2) is 13.1. The third-order valence-electron chi connectivity index (χ3n) is 6.53. The number of fused-ring (bicyclic) bond motifs is 1. The molecular weight excluding hydrogens is 501 g/mol. The number of rotatable bonds is 9. The molecule has 2 aromatic rings. The van der Waals surface area contributed by atoms with E-state index in [2.05, 4.69) is 15.2 Å². The van der Waals surface area contributed by atoms with Crippen molar-refractivity contribution < 1.29 is 32.6 Å². The average Bonchev–Trinajstić information content (AvgIpc) is 2.90. The van der Waals surface area contributed by atoms with Gasteiger partial charge in [-0.25, -0.2) is 0 Å². The Bertz CT molecular complexity index is 1080. The number of halogens is 3. The van der Waals surface area contributed by atoms with Crippen LogP contribution in [0, 0.1) is 5.92 Å². The summed E-state index contributed by atoms with van der Waals surface area (Å²) in [5.74, 6) is -0.591. The van der Waals surface area contributed by atoms with Crippen LogP contribution >= 0.6 is 0 Å². The Balaban J connectivity index is 1.84. The van der Waals surface area contributed by atoms with Gasteiger partial charge in [0.05, 0.1) is 25.5 Å². The fourth-order valence-electron chi connectivity index (χ4n) is 4.38. The Kier molecular flexibility index (Phi) is 10.1. The van der Waals surface area contributed by atoms with Gasteiger partial charge in [0.1, 0.15) is 11.9 Å². The van der Waals surface area contributed by atoms with Gasteiger partial charge in [-0.3, -0.25) is 19.5 Å². The first-order valence-electron chi connectivity index (χ1n) is 12.6. The number of aliphatic hydroxyl groups is 1. The lowest BCUT2D eigenvalue weighted by Crippen LogP contribution is -2.47. The van der Waals surface area contributed by atoms with E-state index < -0.39 is 31.0 Å². The van der Waals surface area contributed by atoms with E-state index in [-0.39, 0.29) is 36.6 Å². The van der Waals surface area contributed by atoms with Crippen molar-refractivity contribution in [2.24, 2.45) is 5.92 Å². The summed E-state index contributed by atoms with van der Waals surface area (Å²) in [6, 6.07) is 8.22. The third kappa shape index (κ3) is 8.70. The molecule has 0 saturated heterocycles. The number of hydrogen-bond acceptors (Lipinski definition) is 6. The molecule has 3 atom stereocenters. The normalized spacial score (nSPS) is 19.2. The number of hydrogen-bond donors (Lipinski definition) is 2. The number of likely N-dealkylation sites (N-methyl/N-ethyl adjacent to an activating group) is 1. The van der Waals surface area contributed by atoms with Gasteiger partial charge in [-0.1, -0.05) is 6.92 Å². The van der Waals surface area contributed by atoms with E-state index in [0.29, 0.717) is 30.9 Å². The highest BCUT2D eigenvalue weighted by Crippen LogP contribution is 2.30. The minimum atomic E-state index is -4.43. The molecule has 0 fully saturated rings. The summed E-state index contributed by atoms with van der Waals surface area (Å²) < 4.78 is 43.9. The number of benzene rings is 1. The molecule has 0 unspecified atom stereocenters. The van der Waals surface area contributed by atoms with E-state index in [9.17, 15) is 27.9 Å². The molecule has 38 heavy (non-hydrogen) atoms. The van der Waals surface area contributed by atoms with Gasteiger partial charge in [-0.2, -0.15) is 13.2 Å². The van der Waals surface area contributed by atoms with Crippen molar-refractivity contribution in [1.29, 1.82) is 0 Å². The van der Waals surface area contributed by atoms with Crippen molar-refractivity contribution >= 4 is 17.5 Å². The number of nitrogens with zero attached hydrogens (tertiary/aromatic N) is 3. The minimum absolute atomic E-state index is 0.0434. The maximum atomic E-state index is 13.3. The molecule has 2 heterocycles. The number of carbonyl (C=O) groups excluding carboxylic acids is 2. The van der Waals surface area contributed by atoms with Crippen molar-refractivity contribution in [3.63, 3.8) is 0 Å². The van der Waals surface area contributed by atoms with Crippen LogP contribution in [0.2, 0.25) is 0 Å². The van der Waals surface area contributed by atoms with Gasteiger partial charge in [0, 0.05) is 55.6 Å². The third-order valence-corrected chi connectivity index (χ3v) is 6.53. The van der Waals surface area contributed by atoms with Gasteiger partial charge in [0.25, 0.3) is 0 Å². The summed E-state index contributed by atoms with van der Waals surface area (Å²) >= 11 is 0. The lowest BCUT2D eigenvalue weighted by atomic mass is 10.0. The summed E-state index contributed by atoms with van der Waals surface area (Å²) in [5.41, 5.74) is 1.89. The van der Waals surface area contributed by atoms with Gasteiger partial charge >= 0.3 is 6.18 Å². The first-order valence-corrected chi connectivity index (χ1v) is 12.6. The molecule has 3 rings (SSSR count). The van der Waals surface area contributed by atoms with Crippen molar-refractivity contribution in [1.82, 2.24) is 14.8 Å². The van der Waals surface area contributed by atoms with Crippen LogP contribution in [0.5, 0.6) is 5.75 Å². The highest BCUT2D eigenvalue weighted by atomic mass is 19.4. The molecule has 2 amide bonds. The second-order valence-corrected chi connectivity index (χ2v) is 9.93. The zero-order chi connectivity index (χ0) is 27.9. The molecular formula is C27H35F3N4O4. The van der Waals surface area contributed by atoms with Crippen LogP contribution in [0.4, 0.5) is 18.9 Å². The van der Waals surface area contributed by atoms with Gasteiger partial charge in [0.2, 0.25) is 11.8 Å². The number of carbonyl (C=O) groups is 2. The molecule has 0 spiro atoms. The number of anilines is 1. The predicted molar refractivity (Wildman–Crippen MR) is 136 cm³/mol. The van der Waals surface area contributed by atoms with Gasteiger partial charge in [0.15, 0.2) is 0 Å². The quantitative estimate of drug-likeness (QED) is 0.508. The van der Waals surface area contributed by atoms with Gasteiger partial charge in [-0.15, -0.1) is 0 Å². The fourth-order valence-corrected chi connectivity index (χ4v) is 4.38. The van der Waals surface area contributed by atoms with Crippen LogP contribution < -0.4 is 10.1 Å². The number of alkyl halides is 3. The van der Waals surface area contributed by atoms with Crippen molar-refractivity contribution in [2.45, 2.75) is 58.0 Å². The van der Waals surface area contributed by atoms with Crippen LogP contribution in [0.25, 0.3) is 0 Å². The molecule has 8 nitrogen and oxygen atoms in total. The SMILES string of the molecule is C[C@H](CO)N1C[C@H](C)[C@@H](CN(C)Cc2ccncc2)Oc2ccc(NC(=O)CCC(F)(F)F)cc2CC1=O. The molecule has 1 aliphatic rings. The fraction of sp³-hybridized carbons (Fsp3) is 0.519. The molecule has 11 heteroatoms. The van der Waals surface area contributed by atoms with Crippen molar-refractivity contribution in [3.8, 4) is 5.75 Å². The zero-order valence-corrected chi connectivity index (χ0v) is 21.9. The maximum absolute atomic E-state index is 13.3. The Labute approximate surface area is 220 Å². The summed E-state index contributed by atoms with van der Waals surface area (Å²) in [6.07, 6.45) is -3.22. The number of aromatic nitrogens is 1. The molecule has 1 aliphatic heterocycles. The summed E-state index contributed by atoms with van der Waals surface area (Å²) in [5, 5.41) is 12.3. The van der Waals surface area contributed by atoms with Gasteiger partial charge < -0.3 is 20.1 Å².